The van der Waals surface area contributed by atoms with Crippen molar-refractivity contribution in [2.75, 3.05) is 11.9 Å². The van der Waals surface area contributed by atoms with E-state index in [9.17, 15) is 18.0 Å². The first kappa shape index (κ1) is 15.8. The lowest BCUT2D eigenvalue weighted by atomic mass is 10.2. The van der Waals surface area contributed by atoms with Gasteiger partial charge >= 0.3 is 6.18 Å². The van der Waals surface area contributed by atoms with E-state index < -0.39 is 18.7 Å². The van der Waals surface area contributed by atoms with Gasteiger partial charge in [-0.15, -0.1) is 0 Å². The number of carbonyl (C=O) groups excluding carboxylic acids is 1. The van der Waals surface area contributed by atoms with Crippen LogP contribution >= 0.6 is 0 Å². The van der Waals surface area contributed by atoms with E-state index in [0.29, 0.717) is 5.69 Å². The molecule has 1 aromatic heterocycles. The zero-order valence-corrected chi connectivity index (χ0v) is 11.6. The van der Waals surface area contributed by atoms with Crippen molar-refractivity contribution < 1.29 is 22.7 Å². The SMILES string of the molecule is Cc1cccc(NC(=O)c2cccnc2OCC(F)(F)F)c1. The van der Waals surface area contributed by atoms with Crippen LogP contribution in [0.2, 0.25) is 0 Å². The molecule has 0 saturated carbocycles. The second-order valence-electron chi connectivity index (χ2n) is 4.58. The molecule has 2 aromatic rings. The summed E-state index contributed by atoms with van der Waals surface area (Å²) < 4.78 is 41.2. The number of amides is 1. The Morgan fingerprint density at radius 3 is 2.73 bits per heavy atom. The Hall–Kier alpha value is -2.57. The average molecular weight is 310 g/mol. The quantitative estimate of drug-likeness (QED) is 0.939. The number of ether oxygens (including phenoxy) is 1. The van der Waals surface area contributed by atoms with E-state index in [1.807, 2.05) is 13.0 Å². The number of rotatable bonds is 4. The van der Waals surface area contributed by atoms with Gasteiger partial charge in [-0.3, -0.25) is 4.79 Å². The van der Waals surface area contributed by atoms with E-state index in [0.717, 1.165) is 5.56 Å². The zero-order chi connectivity index (χ0) is 16.2. The number of halogens is 3. The van der Waals surface area contributed by atoms with Crippen LogP contribution in [-0.4, -0.2) is 23.7 Å². The monoisotopic (exact) mass is 310 g/mol. The number of alkyl halides is 3. The fourth-order valence-electron chi connectivity index (χ4n) is 1.75. The van der Waals surface area contributed by atoms with Crippen molar-refractivity contribution in [2.24, 2.45) is 0 Å². The van der Waals surface area contributed by atoms with Gasteiger partial charge in [0.15, 0.2) is 6.61 Å². The Balaban J connectivity index is 2.15. The summed E-state index contributed by atoms with van der Waals surface area (Å²) in [5.41, 5.74) is 1.42. The standard InChI is InChI=1S/C15H13F3N2O2/c1-10-4-2-5-11(8-10)20-13(21)12-6-3-7-19-14(12)22-9-15(16,17)18/h2-8H,9H2,1H3,(H,20,21). The molecule has 1 amide bonds. The van der Waals surface area contributed by atoms with E-state index in [1.54, 1.807) is 18.2 Å². The summed E-state index contributed by atoms with van der Waals surface area (Å²) in [6, 6.07) is 9.84. The van der Waals surface area contributed by atoms with Gasteiger partial charge in [-0.1, -0.05) is 12.1 Å². The highest BCUT2D eigenvalue weighted by Gasteiger charge is 2.29. The number of hydrogen-bond donors (Lipinski definition) is 1. The van der Waals surface area contributed by atoms with Crippen molar-refractivity contribution >= 4 is 11.6 Å². The molecule has 0 aliphatic rings. The van der Waals surface area contributed by atoms with Crippen LogP contribution in [0.1, 0.15) is 15.9 Å². The van der Waals surface area contributed by atoms with Crippen molar-refractivity contribution in [1.29, 1.82) is 0 Å². The van der Waals surface area contributed by atoms with E-state index in [2.05, 4.69) is 15.0 Å². The number of pyridine rings is 1. The number of carbonyl (C=O) groups is 1. The van der Waals surface area contributed by atoms with Gasteiger partial charge in [0.1, 0.15) is 5.56 Å². The molecule has 0 bridgehead atoms. The van der Waals surface area contributed by atoms with Crippen LogP contribution in [0.4, 0.5) is 18.9 Å². The molecule has 0 saturated heterocycles. The third kappa shape index (κ3) is 4.47. The highest BCUT2D eigenvalue weighted by Crippen LogP contribution is 2.21. The van der Waals surface area contributed by atoms with Crippen LogP contribution in [-0.2, 0) is 0 Å². The lowest BCUT2D eigenvalue weighted by Crippen LogP contribution is -2.22. The molecule has 1 heterocycles. The molecule has 4 nitrogen and oxygen atoms in total. The van der Waals surface area contributed by atoms with Gasteiger partial charge in [-0.25, -0.2) is 4.98 Å². The lowest BCUT2D eigenvalue weighted by molar-refractivity contribution is -0.154. The topological polar surface area (TPSA) is 51.2 Å². The van der Waals surface area contributed by atoms with Gasteiger partial charge in [0.25, 0.3) is 5.91 Å². The molecule has 0 fully saturated rings. The molecule has 116 valence electrons. The van der Waals surface area contributed by atoms with E-state index in [-0.39, 0.29) is 11.4 Å². The largest absolute Gasteiger partial charge is 0.467 e. The molecule has 1 N–H and O–H groups in total. The maximum atomic E-state index is 12.2. The number of hydrogen-bond acceptors (Lipinski definition) is 3. The molecule has 2 rings (SSSR count). The lowest BCUT2D eigenvalue weighted by Gasteiger charge is -2.12. The fraction of sp³-hybridized carbons (Fsp3) is 0.200. The van der Waals surface area contributed by atoms with Crippen LogP contribution in [0.5, 0.6) is 5.88 Å². The minimum Gasteiger partial charge on any atom is -0.467 e. The maximum absolute atomic E-state index is 12.2. The molecular weight excluding hydrogens is 297 g/mol. The van der Waals surface area contributed by atoms with Crippen LogP contribution in [0.25, 0.3) is 0 Å². The molecular formula is C15H13F3N2O2. The Morgan fingerprint density at radius 1 is 1.27 bits per heavy atom. The number of aryl methyl sites for hydroxylation is 1. The molecule has 0 aliphatic heterocycles. The third-order valence-electron chi connectivity index (χ3n) is 2.66. The molecule has 22 heavy (non-hydrogen) atoms. The van der Waals surface area contributed by atoms with Crippen molar-refractivity contribution in [2.45, 2.75) is 13.1 Å². The van der Waals surface area contributed by atoms with Gasteiger partial charge < -0.3 is 10.1 Å². The normalized spacial score (nSPS) is 11.1. The first-order valence-corrected chi connectivity index (χ1v) is 6.38. The van der Waals surface area contributed by atoms with Crippen molar-refractivity contribution in [1.82, 2.24) is 4.98 Å². The maximum Gasteiger partial charge on any atom is 0.422 e. The van der Waals surface area contributed by atoms with Gasteiger partial charge in [0.05, 0.1) is 0 Å². The second-order valence-corrected chi connectivity index (χ2v) is 4.58. The summed E-state index contributed by atoms with van der Waals surface area (Å²) in [7, 11) is 0. The Bertz CT molecular complexity index is 672. The minimum absolute atomic E-state index is 0.0618. The van der Waals surface area contributed by atoms with Gasteiger partial charge in [-0.05, 0) is 36.8 Å². The number of nitrogens with zero attached hydrogens (tertiary/aromatic N) is 1. The van der Waals surface area contributed by atoms with Crippen LogP contribution in [0.15, 0.2) is 42.6 Å². The second kappa shape index (κ2) is 6.46. The molecule has 0 aliphatic carbocycles. The Kier molecular flexibility index (Phi) is 4.65. The Labute approximate surface area is 124 Å². The number of nitrogens with one attached hydrogen (secondary N) is 1. The first-order chi connectivity index (χ1) is 10.3. The van der Waals surface area contributed by atoms with Crippen LogP contribution < -0.4 is 10.1 Å². The predicted octanol–water partition coefficient (Wildman–Crippen LogP) is 3.58. The average Bonchev–Trinajstić information content (AvgIpc) is 2.44. The number of benzene rings is 1. The molecule has 7 heteroatoms. The smallest absolute Gasteiger partial charge is 0.422 e. The summed E-state index contributed by atoms with van der Waals surface area (Å²) in [5, 5.41) is 2.60. The van der Waals surface area contributed by atoms with Crippen molar-refractivity contribution in [3.63, 3.8) is 0 Å². The minimum atomic E-state index is -4.50. The summed E-state index contributed by atoms with van der Waals surface area (Å²) in [4.78, 5) is 15.8. The fourth-order valence-corrected chi connectivity index (χ4v) is 1.75. The number of aromatic nitrogens is 1. The predicted molar refractivity (Wildman–Crippen MR) is 74.9 cm³/mol. The van der Waals surface area contributed by atoms with E-state index >= 15 is 0 Å². The van der Waals surface area contributed by atoms with E-state index in [4.69, 9.17) is 0 Å². The van der Waals surface area contributed by atoms with E-state index in [1.165, 1.54) is 18.3 Å². The number of anilines is 1. The van der Waals surface area contributed by atoms with Crippen molar-refractivity contribution in [3.05, 3.63) is 53.7 Å². The molecule has 0 atom stereocenters. The van der Waals surface area contributed by atoms with Gasteiger partial charge in [0.2, 0.25) is 5.88 Å². The molecule has 0 radical (unpaired) electrons. The van der Waals surface area contributed by atoms with Crippen molar-refractivity contribution in [3.8, 4) is 5.88 Å². The zero-order valence-electron chi connectivity index (χ0n) is 11.6. The summed E-state index contributed by atoms with van der Waals surface area (Å²) >= 11 is 0. The van der Waals surface area contributed by atoms with Gasteiger partial charge in [0, 0.05) is 11.9 Å². The molecule has 0 spiro atoms. The summed E-state index contributed by atoms with van der Waals surface area (Å²) in [6.07, 6.45) is -3.24. The highest BCUT2D eigenvalue weighted by molar-refractivity contribution is 6.05. The molecule has 1 aromatic carbocycles. The van der Waals surface area contributed by atoms with Gasteiger partial charge in [-0.2, -0.15) is 13.2 Å². The molecule has 0 unspecified atom stereocenters. The third-order valence-corrected chi connectivity index (χ3v) is 2.66. The van der Waals surface area contributed by atoms with Crippen LogP contribution in [0.3, 0.4) is 0 Å². The first-order valence-electron chi connectivity index (χ1n) is 6.38. The summed E-state index contributed by atoms with van der Waals surface area (Å²) in [5.74, 6) is -0.944. The van der Waals surface area contributed by atoms with Crippen LogP contribution in [0, 0.1) is 6.92 Å². The Morgan fingerprint density at radius 2 is 2.05 bits per heavy atom. The highest BCUT2D eigenvalue weighted by atomic mass is 19.4. The summed E-state index contributed by atoms with van der Waals surface area (Å²) in [6.45, 7) is 0.354.